The van der Waals surface area contributed by atoms with Gasteiger partial charge >= 0.3 is 24.7 Å². The Balaban J connectivity index is 0.000000342. The van der Waals surface area contributed by atoms with Crippen molar-refractivity contribution >= 4 is 33.4 Å². The Labute approximate surface area is 198 Å². The van der Waals surface area contributed by atoms with Crippen molar-refractivity contribution in [1.29, 1.82) is 0 Å². The summed E-state index contributed by atoms with van der Waals surface area (Å²) in [5, 5.41) is 0. The van der Waals surface area contributed by atoms with Gasteiger partial charge in [-0.25, -0.2) is 9.59 Å². The Hall–Kier alpha value is -3.22. The van der Waals surface area contributed by atoms with Crippen LogP contribution < -0.4 is 9.47 Å². The number of hydrogen-bond donors (Lipinski definition) is 0. The summed E-state index contributed by atoms with van der Waals surface area (Å²) in [6.07, 6.45) is -9.64. The highest BCUT2D eigenvalue weighted by molar-refractivity contribution is 9.10. The van der Waals surface area contributed by atoms with Crippen molar-refractivity contribution in [2.24, 2.45) is 0 Å². The second-order valence-electron chi connectivity index (χ2n) is 6.22. The largest absolute Gasteiger partial charge is 0.573 e. The molecular formula is C21H17BrF6O6. The number of carbonyl (C=O) groups excluding carboxylic acids is 2. The molecule has 6 nitrogen and oxygen atoms in total. The van der Waals surface area contributed by atoms with Crippen LogP contribution in [0.15, 0.2) is 47.4 Å². The van der Waals surface area contributed by atoms with Crippen LogP contribution in [0.4, 0.5) is 26.3 Å². The van der Waals surface area contributed by atoms with E-state index in [1.54, 1.807) is 0 Å². The first-order valence-corrected chi connectivity index (χ1v) is 9.64. The Morgan fingerprint density at radius 1 is 0.794 bits per heavy atom. The number of rotatable bonds is 5. The Morgan fingerprint density at radius 3 is 1.62 bits per heavy atom. The van der Waals surface area contributed by atoms with Crippen molar-refractivity contribution in [2.45, 2.75) is 19.6 Å². The van der Waals surface area contributed by atoms with Crippen LogP contribution in [-0.4, -0.2) is 38.9 Å². The van der Waals surface area contributed by atoms with E-state index in [1.165, 1.54) is 31.2 Å². The number of carbonyl (C=O) groups is 2. The molecule has 34 heavy (non-hydrogen) atoms. The van der Waals surface area contributed by atoms with Gasteiger partial charge in [0, 0.05) is 5.56 Å². The fourth-order valence-corrected chi connectivity index (χ4v) is 2.61. The van der Waals surface area contributed by atoms with Crippen molar-refractivity contribution in [3.8, 4) is 11.5 Å². The van der Waals surface area contributed by atoms with Gasteiger partial charge in [0.25, 0.3) is 0 Å². The van der Waals surface area contributed by atoms with Crippen LogP contribution in [-0.2, 0) is 9.47 Å². The maximum Gasteiger partial charge on any atom is 0.573 e. The van der Waals surface area contributed by atoms with Gasteiger partial charge in [-0.2, -0.15) is 0 Å². The van der Waals surface area contributed by atoms with Crippen LogP contribution in [0.3, 0.4) is 0 Å². The van der Waals surface area contributed by atoms with E-state index in [0.717, 1.165) is 26.4 Å². The van der Waals surface area contributed by atoms with Crippen LogP contribution in [0.25, 0.3) is 5.57 Å². The van der Waals surface area contributed by atoms with E-state index in [4.69, 9.17) is 0 Å². The average molecular weight is 559 g/mol. The second-order valence-corrected chi connectivity index (χ2v) is 7.07. The first kappa shape index (κ1) is 28.8. The molecule has 0 atom stereocenters. The van der Waals surface area contributed by atoms with Crippen LogP contribution in [0.2, 0.25) is 0 Å². The number of hydrogen-bond acceptors (Lipinski definition) is 6. The van der Waals surface area contributed by atoms with Crippen LogP contribution in [0.5, 0.6) is 11.5 Å². The highest BCUT2D eigenvalue weighted by Gasteiger charge is 2.33. The zero-order chi connectivity index (χ0) is 26.3. The van der Waals surface area contributed by atoms with E-state index < -0.39 is 36.2 Å². The molecule has 2 rings (SSSR count). The molecule has 13 heteroatoms. The van der Waals surface area contributed by atoms with Gasteiger partial charge in [0.15, 0.2) is 0 Å². The molecule has 0 unspecified atom stereocenters. The lowest BCUT2D eigenvalue weighted by molar-refractivity contribution is -0.275. The predicted molar refractivity (Wildman–Crippen MR) is 111 cm³/mol. The number of esters is 2. The van der Waals surface area contributed by atoms with Crippen LogP contribution >= 0.6 is 15.9 Å². The molecule has 186 valence electrons. The highest BCUT2D eigenvalue weighted by Crippen LogP contribution is 2.32. The zero-order valence-corrected chi connectivity index (χ0v) is 19.4. The summed E-state index contributed by atoms with van der Waals surface area (Å²) < 4.78 is 89.1. The molecule has 0 bridgehead atoms. The van der Waals surface area contributed by atoms with E-state index in [2.05, 4.69) is 41.5 Å². The minimum absolute atomic E-state index is 0.0232. The van der Waals surface area contributed by atoms with Gasteiger partial charge in [-0.3, -0.25) is 0 Å². The molecule has 0 amide bonds. The van der Waals surface area contributed by atoms with E-state index in [0.29, 0.717) is 5.57 Å². The van der Waals surface area contributed by atoms with Gasteiger partial charge in [-0.05, 0) is 58.8 Å². The lowest BCUT2D eigenvalue weighted by atomic mass is 10.1. The Kier molecular flexibility index (Phi) is 9.97. The molecule has 0 N–H and O–H groups in total. The molecule has 0 aliphatic heterocycles. The van der Waals surface area contributed by atoms with Gasteiger partial charge in [-0.15, -0.1) is 26.3 Å². The van der Waals surface area contributed by atoms with Crippen LogP contribution in [0.1, 0.15) is 33.2 Å². The normalized spacial score (nSPS) is 11.0. The fourth-order valence-electron chi connectivity index (χ4n) is 2.28. The molecule has 0 heterocycles. The first-order valence-electron chi connectivity index (χ1n) is 8.85. The number of allylic oxidation sites excluding steroid dienone is 1. The summed E-state index contributed by atoms with van der Waals surface area (Å²) in [5.74, 6) is -2.44. The van der Waals surface area contributed by atoms with Gasteiger partial charge in [0.2, 0.25) is 0 Å². The molecule has 0 saturated carbocycles. The summed E-state index contributed by atoms with van der Waals surface area (Å²) >= 11 is 2.88. The summed E-state index contributed by atoms with van der Waals surface area (Å²) in [7, 11) is 2.27. The quantitative estimate of drug-likeness (QED) is 0.306. The van der Waals surface area contributed by atoms with Crippen molar-refractivity contribution in [3.05, 3.63) is 64.1 Å². The standard InChI is InChI=1S/C12H11F3O3.C9H6BrF3O3/c1-7(2)9-5-4-8(11(16)17-3)6-10(9)18-12(13,14)15;1-15-8(14)5-2-3-6(10)7(4-5)16-9(11,12)13/h4-6H,1H2,2-3H3;2-4H,1H3. The molecule has 0 aliphatic carbocycles. The lowest BCUT2D eigenvalue weighted by Gasteiger charge is -2.14. The smallest absolute Gasteiger partial charge is 0.465 e. The molecule has 0 fully saturated rings. The third-order valence-electron chi connectivity index (χ3n) is 3.67. The summed E-state index contributed by atoms with van der Waals surface area (Å²) in [5.41, 5.74) is 0.525. The van der Waals surface area contributed by atoms with Crippen molar-refractivity contribution < 1.29 is 54.9 Å². The molecule has 0 aromatic heterocycles. The Morgan fingerprint density at radius 2 is 1.21 bits per heavy atom. The van der Waals surface area contributed by atoms with E-state index in [-0.39, 0.29) is 21.2 Å². The van der Waals surface area contributed by atoms with Gasteiger partial charge < -0.3 is 18.9 Å². The number of methoxy groups -OCH3 is 2. The van der Waals surface area contributed by atoms with Gasteiger partial charge in [-0.1, -0.05) is 12.6 Å². The molecule has 0 aliphatic rings. The molecule has 2 aromatic carbocycles. The fraction of sp³-hybridized carbons (Fsp3) is 0.238. The second kappa shape index (κ2) is 11.8. The molecule has 0 spiro atoms. The summed E-state index contributed by atoms with van der Waals surface area (Å²) in [6, 6.07) is 7.19. The average Bonchev–Trinajstić information content (AvgIpc) is 2.72. The lowest BCUT2D eigenvalue weighted by Crippen LogP contribution is -2.18. The highest BCUT2D eigenvalue weighted by atomic mass is 79.9. The van der Waals surface area contributed by atoms with Crippen molar-refractivity contribution in [2.75, 3.05) is 14.2 Å². The SMILES string of the molecule is C=C(C)c1ccc(C(=O)OC)cc1OC(F)(F)F.COC(=O)c1ccc(Br)c(OC(F)(F)F)c1. The third-order valence-corrected chi connectivity index (χ3v) is 4.32. The van der Waals surface area contributed by atoms with Crippen molar-refractivity contribution in [1.82, 2.24) is 0 Å². The maximum absolute atomic E-state index is 12.2. The molecule has 2 aromatic rings. The van der Waals surface area contributed by atoms with E-state index in [9.17, 15) is 35.9 Å². The first-order chi connectivity index (χ1) is 15.6. The number of benzene rings is 2. The summed E-state index contributed by atoms with van der Waals surface area (Å²) in [6.45, 7) is 5.09. The predicted octanol–water partition coefficient (Wildman–Crippen LogP) is 6.54. The zero-order valence-electron chi connectivity index (χ0n) is 17.8. The minimum atomic E-state index is -4.83. The monoisotopic (exact) mass is 558 g/mol. The Bertz CT molecular complexity index is 1050. The van der Waals surface area contributed by atoms with Gasteiger partial charge in [0.05, 0.1) is 29.8 Å². The van der Waals surface area contributed by atoms with Crippen molar-refractivity contribution in [3.63, 3.8) is 0 Å². The molecule has 0 saturated heterocycles. The molecular weight excluding hydrogens is 542 g/mol. The van der Waals surface area contributed by atoms with Crippen LogP contribution in [0, 0.1) is 0 Å². The van der Waals surface area contributed by atoms with E-state index >= 15 is 0 Å². The number of ether oxygens (including phenoxy) is 4. The number of halogens is 7. The minimum Gasteiger partial charge on any atom is -0.465 e. The number of alkyl halides is 6. The molecule has 0 radical (unpaired) electrons. The topological polar surface area (TPSA) is 71.1 Å². The third kappa shape index (κ3) is 9.33. The van der Waals surface area contributed by atoms with Gasteiger partial charge in [0.1, 0.15) is 11.5 Å². The summed E-state index contributed by atoms with van der Waals surface area (Å²) in [4.78, 5) is 22.3. The maximum atomic E-state index is 12.2. The van der Waals surface area contributed by atoms with E-state index in [1.807, 2.05) is 0 Å².